The average molecular weight is 486 g/mol. The van der Waals surface area contributed by atoms with Crippen LogP contribution in [-0.4, -0.2) is 24.9 Å². The molecule has 0 bridgehead atoms. The van der Waals surface area contributed by atoms with Crippen LogP contribution in [0, 0.1) is 11.8 Å². The number of benzene rings is 1. The number of aromatic nitrogens is 5. The van der Waals surface area contributed by atoms with Crippen molar-refractivity contribution in [3.63, 3.8) is 0 Å². The number of nitrogens with zero attached hydrogens (tertiary/aromatic N) is 4. The zero-order chi connectivity index (χ0) is 24.5. The van der Waals surface area contributed by atoms with Gasteiger partial charge in [0, 0.05) is 0 Å². The third-order valence-corrected chi connectivity index (χ3v) is 5.01. The van der Waals surface area contributed by atoms with E-state index in [0.717, 1.165) is 6.07 Å². The first-order valence-electron chi connectivity index (χ1n) is 9.75. The molecule has 4 N–H and O–H groups in total. The van der Waals surface area contributed by atoms with Gasteiger partial charge in [0.05, 0.1) is 22.0 Å². The van der Waals surface area contributed by atoms with Crippen LogP contribution in [0.25, 0.3) is 10.9 Å². The highest BCUT2D eigenvalue weighted by Gasteiger charge is 2.32. The van der Waals surface area contributed by atoms with Crippen LogP contribution in [0.3, 0.4) is 0 Å². The van der Waals surface area contributed by atoms with E-state index < -0.39 is 23.5 Å². The van der Waals surface area contributed by atoms with Crippen molar-refractivity contribution in [1.82, 2.24) is 24.9 Å². The summed E-state index contributed by atoms with van der Waals surface area (Å²) in [6, 6.07) is 7.78. The second kappa shape index (κ2) is 8.99. The van der Waals surface area contributed by atoms with Gasteiger partial charge in [0.25, 0.3) is 5.56 Å². The number of nitrogen functional groups attached to an aromatic ring is 1. The highest BCUT2D eigenvalue weighted by Crippen LogP contribution is 2.27. The number of nitrogens with two attached hydrogens (primary N) is 1. The smallest absolute Gasteiger partial charge is 0.382 e. The Morgan fingerprint density at radius 3 is 2.65 bits per heavy atom. The van der Waals surface area contributed by atoms with Crippen LogP contribution in [0.15, 0.2) is 47.5 Å². The summed E-state index contributed by atoms with van der Waals surface area (Å²) in [7, 11) is 0. The number of H-pyrrole nitrogens is 1. The minimum atomic E-state index is -4.59. The van der Waals surface area contributed by atoms with E-state index in [0.29, 0.717) is 11.3 Å². The lowest BCUT2D eigenvalue weighted by Gasteiger charge is -2.16. The van der Waals surface area contributed by atoms with E-state index in [1.807, 2.05) is 0 Å². The van der Waals surface area contributed by atoms with Crippen molar-refractivity contribution >= 4 is 34.1 Å². The second-order valence-electron chi connectivity index (χ2n) is 7.09. The number of aromatic amines is 1. The molecule has 3 heterocycles. The molecule has 3 aromatic heterocycles. The topological polar surface area (TPSA) is 122 Å². The first-order chi connectivity index (χ1) is 16.1. The maximum Gasteiger partial charge on any atom is 0.433 e. The van der Waals surface area contributed by atoms with Gasteiger partial charge in [-0.15, -0.1) is 0 Å². The molecule has 172 valence electrons. The number of nitrogens with one attached hydrogen (secondary N) is 2. The van der Waals surface area contributed by atoms with Gasteiger partial charge in [-0.2, -0.15) is 13.2 Å². The SMILES string of the molecule is CC(Nc1ncnc(N)c1C#Cc1cccc(C(F)(F)F)n1)c1nc2cccc(Cl)c2c(=O)[nH]1. The summed E-state index contributed by atoms with van der Waals surface area (Å²) in [5.41, 5.74) is 4.93. The molecule has 0 amide bonds. The number of hydrogen-bond donors (Lipinski definition) is 3. The summed E-state index contributed by atoms with van der Waals surface area (Å²) in [5.74, 6) is 5.75. The Morgan fingerprint density at radius 1 is 1.12 bits per heavy atom. The zero-order valence-electron chi connectivity index (χ0n) is 17.4. The Balaban J connectivity index is 1.67. The minimum absolute atomic E-state index is 0.0101. The van der Waals surface area contributed by atoms with Crippen LogP contribution in [0.1, 0.15) is 35.7 Å². The summed E-state index contributed by atoms with van der Waals surface area (Å²) in [6.07, 6.45) is -3.39. The molecule has 12 heteroatoms. The van der Waals surface area contributed by atoms with E-state index in [2.05, 4.69) is 42.1 Å². The summed E-state index contributed by atoms with van der Waals surface area (Å²) in [4.78, 5) is 31.1. The lowest BCUT2D eigenvalue weighted by Crippen LogP contribution is -2.19. The van der Waals surface area contributed by atoms with E-state index in [9.17, 15) is 18.0 Å². The number of alkyl halides is 3. The quantitative estimate of drug-likeness (QED) is 0.376. The molecule has 4 aromatic rings. The van der Waals surface area contributed by atoms with Gasteiger partial charge in [-0.05, 0) is 37.1 Å². The Kier molecular flexibility index (Phi) is 6.08. The first-order valence-corrected chi connectivity index (χ1v) is 10.1. The highest BCUT2D eigenvalue weighted by atomic mass is 35.5. The molecule has 0 saturated carbocycles. The molecule has 0 spiro atoms. The molecular formula is C22H15ClF3N7O. The van der Waals surface area contributed by atoms with Crippen molar-refractivity contribution in [2.24, 2.45) is 0 Å². The number of anilines is 2. The zero-order valence-corrected chi connectivity index (χ0v) is 18.2. The largest absolute Gasteiger partial charge is 0.433 e. The van der Waals surface area contributed by atoms with Crippen LogP contribution in [0.2, 0.25) is 5.02 Å². The molecule has 34 heavy (non-hydrogen) atoms. The van der Waals surface area contributed by atoms with Crippen LogP contribution < -0.4 is 16.6 Å². The van der Waals surface area contributed by atoms with Crippen LogP contribution in [0.4, 0.5) is 24.8 Å². The average Bonchev–Trinajstić information content (AvgIpc) is 2.78. The maximum atomic E-state index is 12.9. The molecule has 1 unspecified atom stereocenters. The van der Waals surface area contributed by atoms with Crippen molar-refractivity contribution in [3.8, 4) is 11.8 Å². The second-order valence-corrected chi connectivity index (χ2v) is 7.50. The third-order valence-electron chi connectivity index (χ3n) is 4.70. The Hall–Kier alpha value is -4.17. The van der Waals surface area contributed by atoms with E-state index in [1.165, 1.54) is 18.5 Å². The Morgan fingerprint density at radius 2 is 1.88 bits per heavy atom. The fourth-order valence-corrected chi connectivity index (χ4v) is 3.32. The van der Waals surface area contributed by atoms with E-state index >= 15 is 0 Å². The van der Waals surface area contributed by atoms with Crippen LogP contribution in [0.5, 0.6) is 0 Å². The van der Waals surface area contributed by atoms with E-state index in [-0.39, 0.29) is 33.3 Å². The van der Waals surface area contributed by atoms with E-state index in [4.69, 9.17) is 17.3 Å². The van der Waals surface area contributed by atoms with Gasteiger partial charge in [0.15, 0.2) is 0 Å². The highest BCUT2D eigenvalue weighted by molar-refractivity contribution is 6.35. The normalized spacial score (nSPS) is 12.1. The molecule has 0 fully saturated rings. The van der Waals surface area contributed by atoms with E-state index in [1.54, 1.807) is 25.1 Å². The predicted octanol–water partition coefficient (Wildman–Crippen LogP) is 3.94. The van der Waals surface area contributed by atoms with Crippen molar-refractivity contribution < 1.29 is 13.2 Å². The fraction of sp³-hybridized carbons (Fsp3) is 0.136. The van der Waals surface area contributed by atoms with Crippen molar-refractivity contribution in [1.29, 1.82) is 0 Å². The number of pyridine rings is 1. The summed E-state index contributed by atoms with van der Waals surface area (Å²) < 4.78 is 38.7. The molecule has 0 saturated heterocycles. The van der Waals surface area contributed by atoms with Gasteiger partial charge >= 0.3 is 6.18 Å². The standard InChI is InChI=1S/C22H15ClF3N7O/c1-11(19-32-15-6-3-5-14(23)17(15)21(34)33-19)30-20-13(18(27)28-10-29-20)9-8-12-4-2-7-16(31-12)22(24,25)26/h2-7,10-11H,1H3,(H,32,33,34)(H3,27,28,29,30). The van der Waals surface area contributed by atoms with Gasteiger partial charge in [-0.3, -0.25) is 4.79 Å². The van der Waals surface area contributed by atoms with Crippen molar-refractivity contribution in [3.05, 3.63) is 80.9 Å². The fourth-order valence-electron chi connectivity index (χ4n) is 3.07. The van der Waals surface area contributed by atoms with Crippen LogP contribution in [-0.2, 0) is 6.18 Å². The van der Waals surface area contributed by atoms with Gasteiger partial charge in [-0.25, -0.2) is 19.9 Å². The number of fused-ring (bicyclic) bond motifs is 1. The van der Waals surface area contributed by atoms with Crippen molar-refractivity contribution in [2.75, 3.05) is 11.1 Å². The van der Waals surface area contributed by atoms with Gasteiger partial charge in [0.1, 0.15) is 40.7 Å². The first kappa shape index (κ1) is 23.0. The van der Waals surface area contributed by atoms with Gasteiger partial charge in [0.2, 0.25) is 0 Å². The minimum Gasteiger partial charge on any atom is -0.382 e. The lowest BCUT2D eigenvalue weighted by atomic mass is 10.2. The predicted molar refractivity (Wildman–Crippen MR) is 121 cm³/mol. The van der Waals surface area contributed by atoms with Crippen molar-refractivity contribution in [2.45, 2.75) is 19.1 Å². The summed E-state index contributed by atoms with van der Waals surface area (Å²) >= 11 is 6.09. The molecular weight excluding hydrogens is 471 g/mol. The molecule has 0 aliphatic rings. The molecule has 1 aromatic carbocycles. The maximum absolute atomic E-state index is 12.9. The third kappa shape index (κ3) is 4.77. The molecule has 0 radical (unpaired) electrons. The summed E-state index contributed by atoms with van der Waals surface area (Å²) in [5, 5.41) is 3.60. The molecule has 4 rings (SSSR count). The van der Waals surface area contributed by atoms with Gasteiger partial charge < -0.3 is 16.0 Å². The number of halogens is 4. The Labute approximate surface area is 195 Å². The van der Waals surface area contributed by atoms with Gasteiger partial charge in [-0.1, -0.05) is 29.7 Å². The number of hydrogen-bond acceptors (Lipinski definition) is 7. The molecule has 1 atom stereocenters. The molecule has 0 aliphatic carbocycles. The lowest BCUT2D eigenvalue weighted by molar-refractivity contribution is -0.141. The Bertz CT molecular complexity index is 1510. The summed E-state index contributed by atoms with van der Waals surface area (Å²) in [6.45, 7) is 1.72. The molecule has 0 aliphatic heterocycles. The van der Waals surface area contributed by atoms with Crippen LogP contribution >= 0.6 is 11.6 Å². The molecule has 8 nitrogen and oxygen atoms in total. The number of rotatable bonds is 3. The monoisotopic (exact) mass is 485 g/mol.